The van der Waals surface area contributed by atoms with Gasteiger partial charge in [-0.25, -0.2) is 9.78 Å². The predicted molar refractivity (Wildman–Crippen MR) is 81.7 cm³/mol. The van der Waals surface area contributed by atoms with Crippen LogP contribution in [-0.4, -0.2) is 29.0 Å². The van der Waals surface area contributed by atoms with Gasteiger partial charge in [0.2, 0.25) is 5.78 Å². The quantitative estimate of drug-likeness (QED) is 0.508. The van der Waals surface area contributed by atoms with Crippen molar-refractivity contribution < 1.29 is 32.6 Å². The Labute approximate surface area is 140 Å². The fraction of sp³-hybridized carbons (Fsp3) is 0.118. The molecule has 1 heterocycles. The molecule has 0 aliphatic rings. The van der Waals surface area contributed by atoms with E-state index in [0.717, 1.165) is 24.5 Å². The van der Waals surface area contributed by atoms with E-state index in [1.165, 1.54) is 31.4 Å². The topological polar surface area (TPSA) is 76.5 Å². The molecule has 0 amide bonds. The second-order valence-corrected chi connectivity index (χ2v) is 4.85. The van der Waals surface area contributed by atoms with Gasteiger partial charge in [-0.2, -0.15) is 13.2 Å². The van der Waals surface area contributed by atoms with Gasteiger partial charge in [-0.1, -0.05) is 30.3 Å². The Balaban J connectivity index is 2.55. The van der Waals surface area contributed by atoms with Crippen LogP contribution < -0.4 is 0 Å². The summed E-state index contributed by atoms with van der Waals surface area (Å²) in [7, 11) is 1.24. The summed E-state index contributed by atoms with van der Waals surface area (Å²) in [6, 6.07) is 8.58. The Morgan fingerprint density at radius 2 is 1.72 bits per heavy atom. The Bertz CT molecular complexity index is 844. The molecule has 0 atom stereocenters. The summed E-state index contributed by atoms with van der Waals surface area (Å²) < 4.78 is 43.0. The Morgan fingerprint density at radius 1 is 1.08 bits per heavy atom. The third kappa shape index (κ3) is 4.03. The van der Waals surface area contributed by atoms with Gasteiger partial charge in [-0.15, -0.1) is 0 Å². The van der Waals surface area contributed by atoms with Gasteiger partial charge in [0, 0.05) is 11.1 Å². The molecule has 5 nitrogen and oxygen atoms in total. The molecular weight excluding hydrogens is 339 g/mol. The van der Waals surface area contributed by atoms with Crippen molar-refractivity contribution in [1.82, 2.24) is 4.98 Å². The largest absolute Gasteiger partial charge is 0.503 e. The molecule has 25 heavy (non-hydrogen) atoms. The molecule has 0 spiro atoms. The number of ether oxygens (including phenoxy) is 1. The molecule has 1 N–H and O–H groups in total. The maximum Gasteiger partial charge on any atom is 0.433 e. The van der Waals surface area contributed by atoms with E-state index < -0.39 is 29.3 Å². The van der Waals surface area contributed by atoms with Crippen molar-refractivity contribution in [1.29, 1.82) is 0 Å². The Morgan fingerprint density at radius 3 is 2.28 bits per heavy atom. The molecule has 2 aromatic rings. The summed E-state index contributed by atoms with van der Waals surface area (Å²) in [4.78, 5) is 27.3. The number of nitrogens with zero attached hydrogens (tertiary/aromatic N) is 1. The van der Waals surface area contributed by atoms with Crippen molar-refractivity contribution >= 4 is 17.3 Å². The fourth-order valence-electron chi connectivity index (χ4n) is 2.12. The summed E-state index contributed by atoms with van der Waals surface area (Å²) in [5.74, 6) is -2.18. The van der Waals surface area contributed by atoms with Crippen LogP contribution in [-0.2, 0) is 15.7 Å². The summed E-state index contributed by atoms with van der Waals surface area (Å²) in [6.07, 6.45) is -3.76. The zero-order chi connectivity index (χ0) is 18.6. The van der Waals surface area contributed by atoms with E-state index in [9.17, 15) is 27.9 Å². The number of ketones is 1. The number of hydrogen-bond donors (Lipinski definition) is 1. The molecule has 0 aliphatic heterocycles. The Kier molecular flexibility index (Phi) is 5.21. The van der Waals surface area contributed by atoms with Gasteiger partial charge in [0.15, 0.2) is 0 Å². The average molecular weight is 351 g/mol. The number of carbonyl (C=O) groups is 2. The zero-order valence-electron chi connectivity index (χ0n) is 12.9. The molecule has 0 unspecified atom stereocenters. The number of benzene rings is 1. The van der Waals surface area contributed by atoms with Crippen LogP contribution in [0.1, 0.15) is 27.3 Å². The smallest absolute Gasteiger partial charge is 0.433 e. The van der Waals surface area contributed by atoms with E-state index in [2.05, 4.69) is 4.98 Å². The molecule has 0 radical (unpaired) electrons. The number of carboxylic acids is 1. The maximum atomic E-state index is 12.8. The van der Waals surface area contributed by atoms with Crippen LogP contribution >= 0.6 is 0 Å². The van der Waals surface area contributed by atoms with E-state index in [1.54, 1.807) is 0 Å². The first-order valence-corrected chi connectivity index (χ1v) is 6.90. The number of hydrogen-bond acceptors (Lipinski definition) is 4. The number of rotatable bonds is 5. The second-order valence-electron chi connectivity index (χ2n) is 4.85. The molecule has 8 heteroatoms. The Hall–Kier alpha value is -3.16. The van der Waals surface area contributed by atoms with Crippen molar-refractivity contribution in [3.05, 3.63) is 71.2 Å². The van der Waals surface area contributed by atoms with Gasteiger partial charge in [0.05, 0.1) is 13.4 Å². The van der Waals surface area contributed by atoms with Crippen LogP contribution in [0.15, 0.2) is 48.7 Å². The number of pyridine rings is 1. The minimum Gasteiger partial charge on any atom is -0.503 e. The highest BCUT2D eigenvalue weighted by Crippen LogP contribution is 2.28. The van der Waals surface area contributed by atoms with Crippen molar-refractivity contribution in [3.8, 4) is 0 Å². The highest BCUT2D eigenvalue weighted by atomic mass is 19.4. The third-order valence-corrected chi connectivity index (χ3v) is 3.20. The summed E-state index contributed by atoms with van der Waals surface area (Å²) >= 11 is 0. The lowest BCUT2D eigenvalue weighted by Gasteiger charge is -2.10. The minimum atomic E-state index is -4.70. The number of methoxy groups -OCH3 is 1. The van der Waals surface area contributed by atoms with Crippen molar-refractivity contribution in [2.75, 3.05) is 7.11 Å². The van der Waals surface area contributed by atoms with E-state index >= 15 is 0 Å². The van der Waals surface area contributed by atoms with Crippen molar-refractivity contribution in [2.24, 2.45) is 0 Å². The minimum absolute atomic E-state index is 0.0149. The van der Waals surface area contributed by atoms with Crippen LogP contribution in [0.5, 0.6) is 0 Å². The van der Waals surface area contributed by atoms with Crippen LogP contribution in [0.3, 0.4) is 0 Å². The molecule has 0 fully saturated rings. The lowest BCUT2D eigenvalue weighted by Crippen LogP contribution is -2.14. The molecule has 0 aliphatic carbocycles. The zero-order valence-corrected chi connectivity index (χ0v) is 12.9. The molecule has 0 saturated carbocycles. The SMILES string of the molecule is COC=C(C(=O)O)c1ccccc1C(=O)c1cccc(C(F)(F)F)n1. The van der Waals surface area contributed by atoms with Gasteiger partial charge in [0.25, 0.3) is 0 Å². The monoisotopic (exact) mass is 351 g/mol. The van der Waals surface area contributed by atoms with Gasteiger partial charge >= 0.3 is 12.1 Å². The normalized spacial score (nSPS) is 11.9. The summed E-state index contributed by atoms with van der Waals surface area (Å²) in [5, 5.41) is 9.26. The van der Waals surface area contributed by atoms with Gasteiger partial charge < -0.3 is 9.84 Å². The first kappa shape index (κ1) is 18.2. The molecule has 0 saturated heterocycles. The lowest BCUT2D eigenvalue weighted by molar-refractivity contribution is -0.141. The second kappa shape index (κ2) is 7.16. The first-order valence-electron chi connectivity index (χ1n) is 6.90. The molecule has 130 valence electrons. The predicted octanol–water partition coefficient (Wildman–Crippen LogP) is 3.40. The molecule has 1 aromatic heterocycles. The van der Waals surface area contributed by atoms with Crippen molar-refractivity contribution in [3.63, 3.8) is 0 Å². The lowest BCUT2D eigenvalue weighted by atomic mass is 9.96. The summed E-state index contributed by atoms with van der Waals surface area (Å²) in [6.45, 7) is 0. The highest BCUT2D eigenvalue weighted by Gasteiger charge is 2.33. The number of aromatic nitrogens is 1. The van der Waals surface area contributed by atoms with Crippen LogP contribution in [0.4, 0.5) is 13.2 Å². The van der Waals surface area contributed by atoms with E-state index in [-0.39, 0.29) is 16.7 Å². The third-order valence-electron chi connectivity index (χ3n) is 3.20. The summed E-state index contributed by atoms with van der Waals surface area (Å²) in [5.41, 5.74) is -2.04. The number of aliphatic carboxylic acids is 1. The van der Waals surface area contributed by atoms with Gasteiger partial charge in [0.1, 0.15) is 17.0 Å². The number of alkyl halides is 3. The fourth-order valence-corrected chi connectivity index (χ4v) is 2.12. The molecule has 1 aromatic carbocycles. The number of carbonyl (C=O) groups excluding carboxylic acids is 1. The standard InChI is InChI=1S/C17H12F3NO4/c1-25-9-12(16(23)24)10-5-2-3-6-11(10)15(22)13-7-4-8-14(21-13)17(18,19)20/h2-9H,1H3,(H,23,24). The molecule has 0 bridgehead atoms. The van der Waals surface area contributed by atoms with E-state index in [1.807, 2.05) is 0 Å². The number of carboxylic acid groups (broad SMARTS) is 1. The number of halogens is 3. The van der Waals surface area contributed by atoms with Crippen LogP contribution in [0.2, 0.25) is 0 Å². The first-order chi connectivity index (χ1) is 11.8. The highest BCUT2D eigenvalue weighted by molar-refractivity contribution is 6.20. The molecular formula is C17H12F3NO4. The van der Waals surface area contributed by atoms with E-state index in [0.29, 0.717) is 0 Å². The van der Waals surface area contributed by atoms with Gasteiger partial charge in [-0.05, 0) is 12.1 Å². The maximum absolute atomic E-state index is 12.8. The van der Waals surface area contributed by atoms with Crippen LogP contribution in [0, 0.1) is 0 Å². The van der Waals surface area contributed by atoms with Crippen molar-refractivity contribution in [2.45, 2.75) is 6.18 Å². The molecule has 2 rings (SSSR count). The van der Waals surface area contributed by atoms with Crippen LogP contribution in [0.25, 0.3) is 5.57 Å². The van der Waals surface area contributed by atoms with Gasteiger partial charge in [-0.3, -0.25) is 4.79 Å². The van der Waals surface area contributed by atoms with E-state index in [4.69, 9.17) is 4.74 Å². The average Bonchev–Trinajstić information content (AvgIpc) is 2.58.